The molecule has 158 valence electrons. The molecule has 0 unspecified atom stereocenters. The van der Waals surface area contributed by atoms with Gasteiger partial charge in [-0.1, -0.05) is 0 Å². The summed E-state index contributed by atoms with van der Waals surface area (Å²) < 4.78 is 4.70. The summed E-state index contributed by atoms with van der Waals surface area (Å²) in [5, 5.41) is 4.72. The summed E-state index contributed by atoms with van der Waals surface area (Å²) in [6, 6.07) is 16.4. The van der Waals surface area contributed by atoms with Crippen LogP contribution in [0.5, 0.6) is 0 Å². The summed E-state index contributed by atoms with van der Waals surface area (Å²) in [6.45, 7) is 4.48. The SMILES string of the molecule is CN1C(=O)NC(=O)/C(=C\c2cc3c([te]2)-n2c4ccccc4c4cccc(c42)C3(C)C)C1=O. The van der Waals surface area contributed by atoms with Crippen LogP contribution in [0.3, 0.4) is 0 Å². The molecule has 2 aliphatic rings. The van der Waals surface area contributed by atoms with Crippen LogP contribution in [0.25, 0.3) is 31.6 Å². The van der Waals surface area contributed by atoms with Crippen molar-refractivity contribution in [2.75, 3.05) is 7.05 Å². The molecular formula is C25H19N3O3Te. The molecule has 4 amide bonds. The Morgan fingerprint density at radius 1 is 0.969 bits per heavy atom. The molecule has 0 radical (unpaired) electrons. The maximum atomic E-state index is 12.6. The Hall–Kier alpha value is -3.14. The fourth-order valence-electron chi connectivity index (χ4n) is 4.85. The zero-order valence-corrected chi connectivity index (χ0v) is 20.1. The minimum absolute atomic E-state index is 0.0149. The summed E-state index contributed by atoms with van der Waals surface area (Å²) in [5.41, 5.74) is 4.76. The van der Waals surface area contributed by atoms with Crippen LogP contribution in [0.1, 0.15) is 28.6 Å². The van der Waals surface area contributed by atoms with Crippen molar-refractivity contribution in [2.24, 2.45) is 0 Å². The van der Waals surface area contributed by atoms with Crippen LogP contribution in [-0.2, 0) is 15.0 Å². The molecule has 6 rings (SSSR count). The third-order valence-electron chi connectivity index (χ3n) is 6.57. The van der Waals surface area contributed by atoms with Gasteiger partial charge in [-0.15, -0.1) is 0 Å². The van der Waals surface area contributed by atoms with E-state index in [1.54, 1.807) is 6.08 Å². The maximum absolute atomic E-state index is 12.6. The number of benzene rings is 2. The first kappa shape index (κ1) is 19.5. The van der Waals surface area contributed by atoms with Gasteiger partial charge in [-0.3, -0.25) is 0 Å². The molecule has 0 saturated carbocycles. The molecule has 6 nitrogen and oxygen atoms in total. The number of amides is 4. The van der Waals surface area contributed by atoms with Gasteiger partial charge in [0.15, 0.2) is 0 Å². The van der Waals surface area contributed by atoms with Crippen molar-refractivity contribution in [3.63, 3.8) is 0 Å². The quantitative estimate of drug-likeness (QED) is 0.230. The molecule has 4 aromatic rings. The van der Waals surface area contributed by atoms with E-state index in [1.165, 1.54) is 43.7 Å². The molecule has 2 aromatic heterocycles. The van der Waals surface area contributed by atoms with E-state index in [0.717, 1.165) is 8.48 Å². The van der Waals surface area contributed by atoms with E-state index in [0.29, 0.717) is 0 Å². The Morgan fingerprint density at radius 2 is 1.72 bits per heavy atom. The van der Waals surface area contributed by atoms with Gasteiger partial charge in [-0.05, 0) is 0 Å². The van der Waals surface area contributed by atoms with Crippen molar-refractivity contribution in [3.8, 4) is 3.70 Å². The number of aromatic nitrogens is 1. The van der Waals surface area contributed by atoms with Gasteiger partial charge in [0.2, 0.25) is 0 Å². The number of fused-ring (bicyclic) bond motifs is 5. The first-order chi connectivity index (χ1) is 15.3. The Morgan fingerprint density at radius 3 is 2.53 bits per heavy atom. The van der Waals surface area contributed by atoms with Crippen molar-refractivity contribution in [3.05, 3.63) is 68.8 Å². The number of carbonyl (C=O) groups is 3. The van der Waals surface area contributed by atoms with E-state index in [2.05, 4.69) is 72.3 Å². The van der Waals surface area contributed by atoms with Crippen LogP contribution in [0.15, 0.2) is 54.1 Å². The van der Waals surface area contributed by atoms with Crippen molar-refractivity contribution in [1.29, 1.82) is 0 Å². The molecule has 1 saturated heterocycles. The van der Waals surface area contributed by atoms with Crippen LogP contribution in [0.2, 0.25) is 0 Å². The Bertz CT molecular complexity index is 1550. The van der Waals surface area contributed by atoms with E-state index in [-0.39, 0.29) is 11.0 Å². The predicted molar refractivity (Wildman–Crippen MR) is 124 cm³/mol. The fraction of sp³-hybridized carbons (Fsp3) is 0.160. The molecule has 0 spiro atoms. The zero-order valence-electron chi connectivity index (χ0n) is 17.7. The summed E-state index contributed by atoms with van der Waals surface area (Å²) >= 11 is -0.874. The van der Waals surface area contributed by atoms with Crippen LogP contribution in [0, 0.1) is 0 Å². The Kier molecular flexibility index (Phi) is 3.93. The van der Waals surface area contributed by atoms with Crippen molar-refractivity contribution < 1.29 is 14.4 Å². The average molecular weight is 537 g/mol. The number of rotatable bonds is 1. The summed E-state index contributed by atoms with van der Waals surface area (Å²) in [7, 11) is 1.38. The van der Waals surface area contributed by atoms with Crippen LogP contribution < -0.4 is 5.32 Å². The summed E-state index contributed by atoms with van der Waals surface area (Å²) in [6.07, 6.45) is 1.69. The van der Waals surface area contributed by atoms with Gasteiger partial charge < -0.3 is 0 Å². The second-order valence-corrected chi connectivity index (χ2v) is 11.8. The van der Waals surface area contributed by atoms with Gasteiger partial charge in [0.05, 0.1) is 0 Å². The number of carbonyl (C=O) groups excluding carboxylic acids is 3. The van der Waals surface area contributed by atoms with E-state index in [1.807, 2.05) is 0 Å². The second kappa shape index (κ2) is 6.44. The van der Waals surface area contributed by atoms with Gasteiger partial charge >= 0.3 is 194 Å². The Labute approximate surface area is 193 Å². The molecule has 7 heteroatoms. The molecule has 2 aliphatic heterocycles. The third kappa shape index (κ3) is 2.44. The van der Waals surface area contributed by atoms with Crippen molar-refractivity contribution in [1.82, 2.24) is 14.8 Å². The van der Waals surface area contributed by atoms with Gasteiger partial charge in [0, 0.05) is 0 Å². The number of hydrogen-bond acceptors (Lipinski definition) is 3. The molecule has 0 aliphatic carbocycles. The van der Waals surface area contributed by atoms with Crippen LogP contribution in [-0.4, -0.2) is 54.8 Å². The number of likely N-dealkylation sites (N-methyl/N-ethyl adjacent to an activating group) is 1. The van der Waals surface area contributed by atoms with Gasteiger partial charge in [0.1, 0.15) is 0 Å². The average Bonchev–Trinajstić information content (AvgIpc) is 3.34. The first-order valence-corrected chi connectivity index (χ1v) is 12.6. The number of para-hydroxylation sites is 2. The predicted octanol–water partition coefficient (Wildman–Crippen LogP) is 3.57. The molecule has 0 atom stereocenters. The standard InChI is InChI=1S/C25H19N3O3Te/c1-25(2)17-9-6-8-15-14-7-4-5-10-19(14)28(20(15)17)23-18(25)12-13(32-23)11-16-21(29)26-24(31)27(3)22(16)30/h4-12H,1-3H3,(H,26,29,31)/b16-11+. The van der Waals surface area contributed by atoms with Crippen molar-refractivity contribution >= 4 is 66.2 Å². The summed E-state index contributed by atoms with van der Waals surface area (Å²) in [5.74, 6) is -1.19. The van der Waals surface area contributed by atoms with Gasteiger partial charge in [-0.25, -0.2) is 0 Å². The molecule has 32 heavy (non-hydrogen) atoms. The molecule has 1 fully saturated rings. The first-order valence-electron chi connectivity index (χ1n) is 10.3. The van der Waals surface area contributed by atoms with Gasteiger partial charge in [0.25, 0.3) is 0 Å². The van der Waals surface area contributed by atoms with E-state index >= 15 is 0 Å². The van der Waals surface area contributed by atoms with Crippen molar-refractivity contribution in [2.45, 2.75) is 19.3 Å². The van der Waals surface area contributed by atoms with Crippen LogP contribution >= 0.6 is 0 Å². The normalized spacial score (nSPS) is 18.5. The topological polar surface area (TPSA) is 71.4 Å². The number of barbiturate groups is 1. The summed E-state index contributed by atoms with van der Waals surface area (Å²) in [4.78, 5) is 37.6. The number of urea groups is 1. The number of nitrogens with one attached hydrogen (secondary N) is 1. The monoisotopic (exact) mass is 539 g/mol. The number of nitrogens with zero attached hydrogens (tertiary/aromatic N) is 2. The molecule has 2 aromatic carbocycles. The molecule has 4 heterocycles. The molecule has 0 bridgehead atoms. The molecule has 1 N–H and O–H groups in total. The van der Waals surface area contributed by atoms with Crippen LogP contribution in [0.4, 0.5) is 4.79 Å². The minimum atomic E-state index is -0.874. The Balaban J connectivity index is 1.62. The third-order valence-corrected chi connectivity index (χ3v) is 9.61. The zero-order chi connectivity index (χ0) is 22.4. The number of hydrogen-bond donors (Lipinski definition) is 1. The second-order valence-electron chi connectivity index (χ2n) is 8.73. The molecular weight excluding hydrogens is 518 g/mol. The van der Waals surface area contributed by atoms with E-state index < -0.39 is 38.3 Å². The number of imide groups is 2. The van der Waals surface area contributed by atoms with E-state index in [4.69, 9.17) is 0 Å². The van der Waals surface area contributed by atoms with Gasteiger partial charge in [-0.2, -0.15) is 0 Å². The van der Waals surface area contributed by atoms with E-state index in [9.17, 15) is 14.4 Å². The fourth-order valence-corrected chi connectivity index (χ4v) is 8.51.